The van der Waals surface area contributed by atoms with Crippen molar-refractivity contribution in [2.45, 2.75) is 57.5 Å². The lowest BCUT2D eigenvalue weighted by molar-refractivity contribution is -0.152. The fourth-order valence-corrected chi connectivity index (χ4v) is 4.19. The Morgan fingerprint density at radius 3 is 2.38 bits per heavy atom. The maximum Gasteiger partial charge on any atom is 0.314 e. The average molecular weight is 352 g/mol. The van der Waals surface area contributed by atoms with Crippen molar-refractivity contribution >= 4 is 18.4 Å². The second-order valence-corrected chi connectivity index (χ2v) is 7.19. The zero-order valence-electron chi connectivity index (χ0n) is 14.7. The molecule has 3 nitrogen and oxygen atoms in total. The van der Waals surface area contributed by atoms with E-state index in [9.17, 15) is 4.79 Å². The van der Waals surface area contributed by atoms with Crippen molar-refractivity contribution in [1.29, 1.82) is 0 Å². The standard InChI is InChI=1S/C20H29NO2.ClH/c1-16(15-21-13-7-8-14-21)23-20(22)19(18-11-5-6-12-18)17-9-3-2-4-10-17;/h2-4,9-10,16,18-19H,5-8,11-15H2,1H3;1H. The fraction of sp³-hybridized carbons (Fsp3) is 0.650. The Morgan fingerprint density at radius 1 is 1.12 bits per heavy atom. The number of halogens is 1. The minimum absolute atomic E-state index is 0. The first-order valence-electron chi connectivity index (χ1n) is 9.22. The molecule has 0 aromatic heterocycles. The first-order valence-corrected chi connectivity index (χ1v) is 9.22. The molecular formula is C20H30ClNO2. The Balaban J connectivity index is 0.00000208. The van der Waals surface area contributed by atoms with Gasteiger partial charge in [0.2, 0.25) is 0 Å². The molecule has 1 aliphatic heterocycles. The Hall–Kier alpha value is -1.06. The van der Waals surface area contributed by atoms with E-state index in [-0.39, 0.29) is 30.4 Å². The van der Waals surface area contributed by atoms with E-state index in [0.29, 0.717) is 5.92 Å². The minimum atomic E-state index is -0.0836. The number of carbonyl (C=O) groups is 1. The molecule has 1 heterocycles. The summed E-state index contributed by atoms with van der Waals surface area (Å²) in [6.45, 7) is 5.20. The largest absolute Gasteiger partial charge is 0.461 e. The molecule has 2 aliphatic rings. The molecule has 1 saturated heterocycles. The van der Waals surface area contributed by atoms with Gasteiger partial charge in [0.15, 0.2) is 0 Å². The number of ether oxygens (including phenoxy) is 1. The summed E-state index contributed by atoms with van der Waals surface area (Å²) in [4.78, 5) is 15.3. The Morgan fingerprint density at radius 2 is 1.75 bits per heavy atom. The predicted octanol–water partition coefficient (Wildman–Crippen LogP) is 4.41. The van der Waals surface area contributed by atoms with Crippen LogP contribution < -0.4 is 0 Å². The minimum Gasteiger partial charge on any atom is -0.461 e. The highest BCUT2D eigenvalue weighted by atomic mass is 35.5. The van der Waals surface area contributed by atoms with Crippen molar-refractivity contribution in [1.82, 2.24) is 4.90 Å². The van der Waals surface area contributed by atoms with Crippen LogP contribution in [0.25, 0.3) is 0 Å². The van der Waals surface area contributed by atoms with E-state index in [4.69, 9.17) is 4.74 Å². The molecular weight excluding hydrogens is 322 g/mol. The lowest BCUT2D eigenvalue weighted by Crippen LogP contribution is -2.33. The number of hydrogen-bond acceptors (Lipinski definition) is 3. The first kappa shape index (κ1) is 19.3. The van der Waals surface area contributed by atoms with Crippen LogP contribution in [0.5, 0.6) is 0 Å². The van der Waals surface area contributed by atoms with Gasteiger partial charge in [-0.05, 0) is 57.2 Å². The van der Waals surface area contributed by atoms with Crippen LogP contribution in [0.2, 0.25) is 0 Å². The van der Waals surface area contributed by atoms with Gasteiger partial charge in [-0.2, -0.15) is 0 Å². The van der Waals surface area contributed by atoms with Gasteiger partial charge < -0.3 is 4.74 Å². The molecule has 2 fully saturated rings. The summed E-state index contributed by atoms with van der Waals surface area (Å²) in [6.07, 6.45) is 7.30. The molecule has 0 spiro atoms. The van der Waals surface area contributed by atoms with Crippen molar-refractivity contribution < 1.29 is 9.53 Å². The van der Waals surface area contributed by atoms with Crippen LogP contribution in [0, 0.1) is 5.92 Å². The molecule has 0 amide bonds. The van der Waals surface area contributed by atoms with Crippen LogP contribution in [-0.4, -0.2) is 36.6 Å². The van der Waals surface area contributed by atoms with E-state index in [0.717, 1.165) is 38.0 Å². The van der Waals surface area contributed by atoms with Crippen LogP contribution in [0.3, 0.4) is 0 Å². The molecule has 4 heteroatoms. The number of benzene rings is 1. The van der Waals surface area contributed by atoms with Gasteiger partial charge >= 0.3 is 5.97 Å². The van der Waals surface area contributed by atoms with Gasteiger partial charge in [0.25, 0.3) is 0 Å². The molecule has 2 unspecified atom stereocenters. The molecule has 0 radical (unpaired) electrons. The lowest BCUT2D eigenvalue weighted by atomic mass is 9.85. The van der Waals surface area contributed by atoms with E-state index < -0.39 is 0 Å². The van der Waals surface area contributed by atoms with Crippen LogP contribution in [0.4, 0.5) is 0 Å². The van der Waals surface area contributed by atoms with E-state index in [2.05, 4.69) is 17.0 Å². The highest BCUT2D eigenvalue weighted by Crippen LogP contribution is 2.38. The normalized spacial score (nSPS) is 21.2. The molecule has 24 heavy (non-hydrogen) atoms. The SMILES string of the molecule is CC(CN1CCCC1)OC(=O)C(c1ccccc1)C1CCCC1.Cl. The molecule has 2 atom stereocenters. The summed E-state index contributed by atoms with van der Waals surface area (Å²) < 4.78 is 5.86. The Kier molecular flexibility index (Phi) is 7.57. The van der Waals surface area contributed by atoms with E-state index in [1.54, 1.807) is 0 Å². The lowest BCUT2D eigenvalue weighted by Gasteiger charge is -2.26. The molecule has 1 aromatic rings. The maximum absolute atomic E-state index is 12.9. The summed E-state index contributed by atoms with van der Waals surface area (Å²) in [5.74, 6) is 0.346. The number of likely N-dealkylation sites (tertiary alicyclic amines) is 1. The highest BCUT2D eigenvalue weighted by Gasteiger charge is 2.34. The van der Waals surface area contributed by atoms with Crippen molar-refractivity contribution in [2.75, 3.05) is 19.6 Å². The molecule has 3 rings (SSSR count). The number of nitrogens with zero attached hydrogens (tertiary/aromatic N) is 1. The molecule has 134 valence electrons. The van der Waals surface area contributed by atoms with Crippen LogP contribution in [-0.2, 0) is 9.53 Å². The molecule has 1 aliphatic carbocycles. The summed E-state index contributed by atoms with van der Waals surface area (Å²) in [5, 5.41) is 0. The van der Waals surface area contributed by atoms with Gasteiger partial charge in [0, 0.05) is 6.54 Å². The Bertz CT molecular complexity index is 496. The highest BCUT2D eigenvalue weighted by molar-refractivity contribution is 5.85. The zero-order valence-corrected chi connectivity index (χ0v) is 15.5. The summed E-state index contributed by atoms with van der Waals surface area (Å²) in [5.41, 5.74) is 1.12. The zero-order chi connectivity index (χ0) is 16.1. The van der Waals surface area contributed by atoms with Crippen molar-refractivity contribution in [3.8, 4) is 0 Å². The predicted molar refractivity (Wildman–Crippen MR) is 99.6 cm³/mol. The van der Waals surface area contributed by atoms with Crippen molar-refractivity contribution in [3.63, 3.8) is 0 Å². The average Bonchev–Trinajstić information content (AvgIpc) is 3.22. The van der Waals surface area contributed by atoms with Crippen LogP contribution in [0.1, 0.15) is 56.9 Å². The molecule has 1 aromatic carbocycles. The monoisotopic (exact) mass is 351 g/mol. The topological polar surface area (TPSA) is 29.5 Å². The Labute approximate surface area is 152 Å². The van der Waals surface area contributed by atoms with Crippen LogP contribution >= 0.6 is 12.4 Å². The molecule has 1 saturated carbocycles. The number of hydrogen-bond donors (Lipinski definition) is 0. The van der Waals surface area contributed by atoms with Crippen molar-refractivity contribution in [2.24, 2.45) is 5.92 Å². The third-order valence-corrected chi connectivity index (χ3v) is 5.32. The van der Waals surface area contributed by atoms with E-state index in [1.165, 1.54) is 25.7 Å². The summed E-state index contributed by atoms with van der Waals surface area (Å²) >= 11 is 0. The second kappa shape index (κ2) is 9.43. The number of rotatable bonds is 6. The number of esters is 1. The third-order valence-electron chi connectivity index (χ3n) is 5.32. The van der Waals surface area contributed by atoms with Gasteiger partial charge in [-0.1, -0.05) is 43.2 Å². The second-order valence-electron chi connectivity index (χ2n) is 7.19. The summed E-state index contributed by atoms with van der Waals surface area (Å²) in [6, 6.07) is 10.2. The van der Waals surface area contributed by atoms with E-state index >= 15 is 0 Å². The van der Waals surface area contributed by atoms with Gasteiger partial charge in [-0.15, -0.1) is 12.4 Å². The quantitative estimate of drug-likeness (QED) is 0.711. The molecule has 0 N–H and O–H groups in total. The van der Waals surface area contributed by atoms with Gasteiger partial charge in [-0.25, -0.2) is 0 Å². The first-order chi connectivity index (χ1) is 11.2. The van der Waals surface area contributed by atoms with Gasteiger partial charge in [0.1, 0.15) is 6.10 Å². The smallest absolute Gasteiger partial charge is 0.314 e. The third kappa shape index (κ3) is 4.97. The van der Waals surface area contributed by atoms with E-state index in [1.807, 2.05) is 25.1 Å². The number of carbonyl (C=O) groups excluding carboxylic acids is 1. The molecule has 0 bridgehead atoms. The van der Waals surface area contributed by atoms with Crippen LogP contribution in [0.15, 0.2) is 30.3 Å². The maximum atomic E-state index is 12.9. The van der Waals surface area contributed by atoms with Gasteiger partial charge in [0.05, 0.1) is 5.92 Å². The van der Waals surface area contributed by atoms with Gasteiger partial charge in [-0.3, -0.25) is 9.69 Å². The fourth-order valence-electron chi connectivity index (χ4n) is 4.19. The van der Waals surface area contributed by atoms with Crippen molar-refractivity contribution in [3.05, 3.63) is 35.9 Å². The summed E-state index contributed by atoms with van der Waals surface area (Å²) in [7, 11) is 0.